The first-order chi connectivity index (χ1) is 14.5. The molecular formula is C21H26ClN3O5. The van der Waals surface area contributed by atoms with Crippen LogP contribution in [0.4, 0.5) is 16.2 Å². The number of hydrogen-bond acceptors (Lipinski definition) is 6. The summed E-state index contributed by atoms with van der Waals surface area (Å²) in [5, 5.41) is 3.41. The van der Waals surface area contributed by atoms with E-state index in [0.29, 0.717) is 59.9 Å². The summed E-state index contributed by atoms with van der Waals surface area (Å²) in [4.78, 5) is 16.6. The number of hydrogen-bond donors (Lipinski definition) is 1. The molecule has 1 N–H and O–H groups in total. The second-order valence-electron chi connectivity index (χ2n) is 6.63. The number of rotatable bonds is 6. The second-order valence-corrected chi connectivity index (χ2v) is 7.07. The van der Waals surface area contributed by atoms with Crippen LogP contribution in [0.25, 0.3) is 0 Å². The Kier molecular flexibility index (Phi) is 6.99. The highest BCUT2D eigenvalue weighted by Crippen LogP contribution is 2.41. The molecule has 3 rings (SSSR count). The molecule has 0 aromatic heterocycles. The zero-order valence-corrected chi connectivity index (χ0v) is 18.3. The van der Waals surface area contributed by atoms with Crippen molar-refractivity contribution in [2.45, 2.75) is 0 Å². The molecule has 1 heterocycles. The number of anilines is 2. The SMILES string of the molecule is COc1ccc(Cl)cc1NC(=O)N1CCN(c2cc(OC)c(OC)c(OC)c2)CC1. The Morgan fingerprint density at radius 2 is 1.47 bits per heavy atom. The molecule has 0 spiro atoms. The zero-order valence-electron chi connectivity index (χ0n) is 17.5. The van der Waals surface area contributed by atoms with Crippen LogP contribution >= 0.6 is 11.6 Å². The van der Waals surface area contributed by atoms with Gasteiger partial charge in [-0.3, -0.25) is 0 Å². The van der Waals surface area contributed by atoms with Gasteiger partial charge >= 0.3 is 6.03 Å². The standard InChI is InChI=1S/C21H26ClN3O5/c1-27-17-6-5-14(22)11-16(17)23-21(26)25-9-7-24(8-10-25)15-12-18(28-2)20(30-4)19(13-15)29-3/h5-6,11-13H,7-10H2,1-4H3,(H,23,26). The molecule has 0 unspecified atom stereocenters. The van der Waals surface area contributed by atoms with E-state index >= 15 is 0 Å². The third-order valence-electron chi connectivity index (χ3n) is 4.98. The molecule has 0 saturated carbocycles. The molecule has 0 aliphatic carbocycles. The average Bonchev–Trinajstić information content (AvgIpc) is 2.78. The van der Waals surface area contributed by atoms with Gasteiger partial charge in [0.25, 0.3) is 0 Å². The van der Waals surface area contributed by atoms with Gasteiger partial charge in [-0.1, -0.05) is 11.6 Å². The monoisotopic (exact) mass is 435 g/mol. The lowest BCUT2D eigenvalue weighted by molar-refractivity contribution is 0.208. The first-order valence-corrected chi connectivity index (χ1v) is 9.83. The summed E-state index contributed by atoms with van der Waals surface area (Å²) in [5.41, 5.74) is 1.49. The maximum absolute atomic E-state index is 12.7. The molecule has 1 saturated heterocycles. The fourth-order valence-electron chi connectivity index (χ4n) is 3.39. The Bertz CT molecular complexity index is 875. The van der Waals surface area contributed by atoms with E-state index in [1.54, 1.807) is 51.5 Å². The largest absolute Gasteiger partial charge is 0.495 e. The van der Waals surface area contributed by atoms with Gasteiger partial charge in [-0.05, 0) is 18.2 Å². The fourth-order valence-corrected chi connectivity index (χ4v) is 3.56. The third kappa shape index (κ3) is 4.59. The van der Waals surface area contributed by atoms with E-state index < -0.39 is 0 Å². The molecule has 0 atom stereocenters. The summed E-state index contributed by atoms with van der Waals surface area (Å²) >= 11 is 6.04. The molecule has 30 heavy (non-hydrogen) atoms. The molecule has 8 nitrogen and oxygen atoms in total. The Morgan fingerprint density at radius 3 is 2.00 bits per heavy atom. The fraction of sp³-hybridized carbons (Fsp3) is 0.381. The average molecular weight is 436 g/mol. The lowest BCUT2D eigenvalue weighted by Crippen LogP contribution is -2.50. The van der Waals surface area contributed by atoms with Gasteiger partial charge < -0.3 is 34.1 Å². The lowest BCUT2D eigenvalue weighted by Gasteiger charge is -2.36. The quantitative estimate of drug-likeness (QED) is 0.745. The number of amides is 2. The molecule has 2 amide bonds. The number of methoxy groups -OCH3 is 4. The molecule has 1 fully saturated rings. The summed E-state index contributed by atoms with van der Waals surface area (Å²) in [6.45, 7) is 2.45. The van der Waals surface area contributed by atoms with E-state index in [2.05, 4.69) is 10.2 Å². The Hall–Kier alpha value is -3.00. The molecular weight excluding hydrogens is 410 g/mol. The number of halogens is 1. The topological polar surface area (TPSA) is 72.5 Å². The Morgan fingerprint density at radius 1 is 0.867 bits per heavy atom. The smallest absolute Gasteiger partial charge is 0.322 e. The number of nitrogens with zero attached hydrogens (tertiary/aromatic N) is 2. The molecule has 9 heteroatoms. The van der Waals surface area contributed by atoms with Gasteiger partial charge in [-0.2, -0.15) is 0 Å². The van der Waals surface area contributed by atoms with Crippen molar-refractivity contribution in [3.8, 4) is 23.0 Å². The summed E-state index contributed by atoms with van der Waals surface area (Å²) in [6.07, 6.45) is 0. The van der Waals surface area contributed by atoms with Crippen LogP contribution in [0.2, 0.25) is 5.02 Å². The van der Waals surface area contributed by atoms with E-state index in [1.165, 1.54) is 0 Å². The highest BCUT2D eigenvalue weighted by Gasteiger charge is 2.24. The van der Waals surface area contributed by atoms with E-state index in [-0.39, 0.29) is 6.03 Å². The van der Waals surface area contributed by atoms with E-state index in [0.717, 1.165) is 5.69 Å². The van der Waals surface area contributed by atoms with Crippen molar-refractivity contribution < 1.29 is 23.7 Å². The lowest BCUT2D eigenvalue weighted by atomic mass is 10.2. The molecule has 1 aliphatic rings. The van der Waals surface area contributed by atoms with Gasteiger partial charge in [0, 0.05) is 49.0 Å². The Balaban J connectivity index is 1.68. The predicted octanol–water partition coefficient (Wildman–Crippen LogP) is 3.73. The summed E-state index contributed by atoms with van der Waals surface area (Å²) in [7, 11) is 6.31. The normalized spacial score (nSPS) is 13.6. The second kappa shape index (κ2) is 9.67. The minimum absolute atomic E-state index is 0.194. The maximum atomic E-state index is 12.7. The van der Waals surface area contributed by atoms with Gasteiger partial charge in [0.15, 0.2) is 11.5 Å². The van der Waals surface area contributed by atoms with Crippen molar-refractivity contribution in [1.82, 2.24) is 4.90 Å². The number of nitrogens with one attached hydrogen (secondary N) is 1. The first-order valence-electron chi connectivity index (χ1n) is 9.45. The van der Waals surface area contributed by atoms with Crippen molar-refractivity contribution in [2.75, 3.05) is 64.8 Å². The zero-order chi connectivity index (χ0) is 21.7. The van der Waals surface area contributed by atoms with E-state index in [1.807, 2.05) is 12.1 Å². The van der Waals surface area contributed by atoms with E-state index in [4.69, 9.17) is 30.5 Å². The van der Waals surface area contributed by atoms with Crippen LogP contribution in [0.5, 0.6) is 23.0 Å². The minimum atomic E-state index is -0.194. The molecule has 0 bridgehead atoms. The van der Waals surface area contributed by atoms with Crippen LogP contribution in [0.15, 0.2) is 30.3 Å². The van der Waals surface area contributed by atoms with Crippen molar-refractivity contribution in [2.24, 2.45) is 0 Å². The highest BCUT2D eigenvalue weighted by molar-refractivity contribution is 6.31. The molecule has 162 valence electrons. The van der Waals surface area contributed by atoms with Gasteiger partial charge in [0.2, 0.25) is 5.75 Å². The molecule has 1 aliphatic heterocycles. The van der Waals surface area contributed by atoms with Crippen LogP contribution in [-0.4, -0.2) is 65.5 Å². The van der Waals surface area contributed by atoms with Crippen LogP contribution in [0.3, 0.4) is 0 Å². The van der Waals surface area contributed by atoms with Gasteiger partial charge in [-0.15, -0.1) is 0 Å². The van der Waals surface area contributed by atoms with Crippen molar-refractivity contribution >= 4 is 29.0 Å². The van der Waals surface area contributed by atoms with Gasteiger partial charge in [-0.25, -0.2) is 4.79 Å². The van der Waals surface area contributed by atoms with Gasteiger partial charge in [0.1, 0.15) is 5.75 Å². The maximum Gasteiger partial charge on any atom is 0.322 e. The number of ether oxygens (including phenoxy) is 4. The summed E-state index contributed by atoms with van der Waals surface area (Å²) in [5.74, 6) is 2.31. The van der Waals surface area contributed by atoms with Crippen LogP contribution in [-0.2, 0) is 0 Å². The number of carbonyl (C=O) groups is 1. The highest BCUT2D eigenvalue weighted by atomic mass is 35.5. The third-order valence-corrected chi connectivity index (χ3v) is 5.22. The van der Waals surface area contributed by atoms with E-state index in [9.17, 15) is 4.79 Å². The summed E-state index contributed by atoms with van der Waals surface area (Å²) < 4.78 is 21.6. The Labute approximate surface area is 181 Å². The van der Waals surface area contributed by atoms with Crippen molar-refractivity contribution in [3.05, 3.63) is 35.4 Å². The summed E-state index contributed by atoms with van der Waals surface area (Å²) in [6, 6.07) is 8.74. The van der Waals surface area contributed by atoms with Crippen LogP contribution < -0.4 is 29.2 Å². The van der Waals surface area contributed by atoms with Crippen molar-refractivity contribution in [1.29, 1.82) is 0 Å². The first kappa shape index (κ1) is 21.7. The van der Waals surface area contributed by atoms with Gasteiger partial charge in [0.05, 0.1) is 34.1 Å². The molecule has 2 aromatic carbocycles. The molecule has 0 radical (unpaired) electrons. The van der Waals surface area contributed by atoms with Crippen LogP contribution in [0.1, 0.15) is 0 Å². The number of benzene rings is 2. The predicted molar refractivity (Wildman–Crippen MR) is 117 cm³/mol. The van der Waals surface area contributed by atoms with Crippen molar-refractivity contribution in [3.63, 3.8) is 0 Å². The number of urea groups is 1. The minimum Gasteiger partial charge on any atom is -0.495 e. The van der Waals surface area contributed by atoms with Crippen LogP contribution in [0, 0.1) is 0 Å². The molecule has 2 aromatic rings. The number of piperazine rings is 1. The number of carbonyl (C=O) groups excluding carboxylic acids is 1.